The Bertz CT molecular complexity index is 554. The number of anilines is 2. The Kier molecular flexibility index (Phi) is 3.38. The molecule has 92 valence electrons. The summed E-state index contributed by atoms with van der Waals surface area (Å²) in [4.78, 5) is 19.4. The highest BCUT2D eigenvalue weighted by Crippen LogP contribution is 2.15. The van der Waals surface area contributed by atoms with E-state index < -0.39 is 0 Å². The van der Waals surface area contributed by atoms with E-state index in [-0.39, 0.29) is 17.5 Å². The smallest absolute Gasteiger partial charge is 0.274 e. The fraction of sp³-hybridized carbons (Fsp3) is 0.0833. The minimum atomic E-state index is -0.339. The number of hydrogen-bond donors (Lipinski definition) is 2. The van der Waals surface area contributed by atoms with Gasteiger partial charge in [0.15, 0.2) is 0 Å². The number of nitrogens with one attached hydrogen (secondary N) is 1. The van der Waals surface area contributed by atoms with Crippen molar-refractivity contribution in [2.24, 2.45) is 0 Å². The maximum Gasteiger partial charge on any atom is 0.274 e. The summed E-state index contributed by atoms with van der Waals surface area (Å²) in [5.41, 5.74) is 6.28. The molecule has 0 bridgehead atoms. The van der Waals surface area contributed by atoms with Gasteiger partial charge < -0.3 is 15.8 Å². The number of carbonyl (C=O) groups excluding carboxylic acids is 1. The molecule has 0 fully saturated rings. The van der Waals surface area contributed by atoms with Gasteiger partial charge in [-0.15, -0.1) is 0 Å². The lowest BCUT2D eigenvalue weighted by Gasteiger charge is -2.05. The van der Waals surface area contributed by atoms with Gasteiger partial charge in [-0.2, -0.15) is 0 Å². The van der Waals surface area contributed by atoms with Gasteiger partial charge in [-0.1, -0.05) is 0 Å². The van der Waals surface area contributed by atoms with Crippen LogP contribution in [-0.2, 0) is 0 Å². The number of rotatable bonds is 3. The summed E-state index contributed by atoms with van der Waals surface area (Å²) < 4.78 is 5.02. The second kappa shape index (κ2) is 5.13. The number of nitrogens with two attached hydrogens (primary N) is 1. The van der Waals surface area contributed by atoms with E-state index in [0.717, 1.165) is 5.75 Å². The summed E-state index contributed by atoms with van der Waals surface area (Å²) >= 11 is 0. The van der Waals surface area contributed by atoms with Crippen LogP contribution in [0.4, 0.5) is 11.6 Å². The number of ether oxygens (including phenoxy) is 1. The molecular weight excluding hydrogens is 232 g/mol. The van der Waals surface area contributed by atoms with E-state index in [1.54, 1.807) is 31.4 Å². The van der Waals surface area contributed by atoms with E-state index in [9.17, 15) is 4.79 Å². The summed E-state index contributed by atoms with van der Waals surface area (Å²) in [6.07, 6.45) is 1.44. The lowest BCUT2D eigenvalue weighted by Crippen LogP contribution is -2.14. The Balaban J connectivity index is 2.11. The molecule has 1 heterocycles. The number of benzene rings is 1. The zero-order valence-electron chi connectivity index (χ0n) is 9.75. The fourth-order valence-electron chi connectivity index (χ4n) is 1.37. The topological polar surface area (TPSA) is 90.1 Å². The van der Waals surface area contributed by atoms with E-state index in [4.69, 9.17) is 10.5 Å². The lowest BCUT2D eigenvalue weighted by molar-refractivity contribution is 0.102. The van der Waals surface area contributed by atoms with E-state index in [0.29, 0.717) is 5.69 Å². The molecule has 0 saturated carbocycles. The largest absolute Gasteiger partial charge is 0.497 e. The van der Waals surface area contributed by atoms with Crippen molar-refractivity contribution in [2.45, 2.75) is 0 Å². The van der Waals surface area contributed by atoms with Gasteiger partial charge in [0.25, 0.3) is 5.91 Å². The van der Waals surface area contributed by atoms with E-state index >= 15 is 0 Å². The molecule has 18 heavy (non-hydrogen) atoms. The quantitative estimate of drug-likeness (QED) is 0.849. The van der Waals surface area contributed by atoms with Gasteiger partial charge in [0, 0.05) is 11.9 Å². The monoisotopic (exact) mass is 244 g/mol. The molecule has 2 aromatic rings. The Labute approximate surface area is 104 Å². The minimum absolute atomic E-state index is 0.0670. The van der Waals surface area contributed by atoms with E-state index in [1.807, 2.05) is 0 Å². The third-order valence-electron chi connectivity index (χ3n) is 2.25. The molecule has 6 heteroatoms. The molecule has 0 aliphatic heterocycles. The van der Waals surface area contributed by atoms with Crippen molar-refractivity contribution in [3.63, 3.8) is 0 Å². The molecule has 0 aliphatic rings. The third kappa shape index (κ3) is 2.73. The normalized spacial score (nSPS) is 9.83. The Morgan fingerprint density at radius 2 is 2.00 bits per heavy atom. The highest BCUT2D eigenvalue weighted by atomic mass is 16.5. The second-order valence-corrected chi connectivity index (χ2v) is 3.48. The number of nitrogens with zero attached hydrogens (tertiary/aromatic N) is 2. The van der Waals surface area contributed by atoms with Crippen LogP contribution in [0.1, 0.15) is 10.5 Å². The van der Waals surface area contributed by atoms with Gasteiger partial charge in [-0.3, -0.25) is 4.79 Å². The van der Waals surface area contributed by atoms with Crippen LogP contribution in [0.3, 0.4) is 0 Å². The summed E-state index contributed by atoms with van der Waals surface area (Å²) in [5, 5.41) is 2.70. The predicted octanol–water partition coefficient (Wildman–Crippen LogP) is 1.32. The summed E-state index contributed by atoms with van der Waals surface area (Å²) in [7, 11) is 1.58. The maximum atomic E-state index is 11.8. The van der Waals surface area contributed by atoms with Crippen LogP contribution in [0.15, 0.2) is 36.5 Å². The number of hydrogen-bond acceptors (Lipinski definition) is 5. The highest BCUT2D eigenvalue weighted by molar-refractivity contribution is 6.02. The van der Waals surface area contributed by atoms with Gasteiger partial charge in [0.05, 0.1) is 7.11 Å². The molecule has 1 amide bonds. The Morgan fingerprint density at radius 1 is 1.28 bits per heavy atom. The first-order valence-electron chi connectivity index (χ1n) is 5.23. The molecule has 0 atom stereocenters. The second-order valence-electron chi connectivity index (χ2n) is 3.48. The van der Waals surface area contributed by atoms with Crippen LogP contribution in [-0.4, -0.2) is 23.0 Å². The molecule has 0 unspecified atom stereocenters. The summed E-state index contributed by atoms with van der Waals surface area (Å²) in [6, 6.07) is 8.48. The van der Waals surface area contributed by atoms with Crippen LogP contribution in [0.25, 0.3) is 0 Å². The summed E-state index contributed by atoms with van der Waals surface area (Å²) in [6.45, 7) is 0. The van der Waals surface area contributed by atoms with Crippen LogP contribution in [0.2, 0.25) is 0 Å². The van der Waals surface area contributed by atoms with Crippen molar-refractivity contribution >= 4 is 17.5 Å². The lowest BCUT2D eigenvalue weighted by atomic mass is 10.3. The van der Waals surface area contributed by atoms with Crippen molar-refractivity contribution in [1.29, 1.82) is 0 Å². The van der Waals surface area contributed by atoms with E-state index in [1.165, 1.54) is 12.3 Å². The average molecular weight is 244 g/mol. The number of carbonyl (C=O) groups is 1. The highest BCUT2D eigenvalue weighted by Gasteiger charge is 2.08. The average Bonchev–Trinajstić information content (AvgIpc) is 2.39. The number of nitrogen functional groups attached to an aromatic ring is 1. The van der Waals surface area contributed by atoms with Crippen molar-refractivity contribution in [3.05, 3.63) is 42.2 Å². The molecule has 1 aromatic heterocycles. The Morgan fingerprint density at radius 3 is 2.61 bits per heavy atom. The molecule has 1 aromatic carbocycles. The first kappa shape index (κ1) is 11.8. The molecule has 0 radical (unpaired) electrons. The van der Waals surface area contributed by atoms with Gasteiger partial charge in [-0.25, -0.2) is 9.97 Å². The fourth-order valence-corrected chi connectivity index (χ4v) is 1.37. The number of amides is 1. The van der Waals surface area contributed by atoms with Crippen molar-refractivity contribution in [2.75, 3.05) is 18.2 Å². The molecular formula is C12H12N4O2. The zero-order chi connectivity index (χ0) is 13.0. The van der Waals surface area contributed by atoms with Crippen LogP contribution < -0.4 is 15.8 Å². The third-order valence-corrected chi connectivity index (χ3v) is 2.25. The van der Waals surface area contributed by atoms with Crippen LogP contribution in [0.5, 0.6) is 5.75 Å². The first-order chi connectivity index (χ1) is 8.69. The van der Waals surface area contributed by atoms with Crippen LogP contribution >= 0.6 is 0 Å². The van der Waals surface area contributed by atoms with Gasteiger partial charge in [0.2, 0.25) is 5.95 Å². The van der Waals surface area contributed by atoms with Crippen molar-refractivity contribution < 1.29 is 9.53 Å². The molecule has 0 saturated heterocycles. The van der Waals surface area contributed by atoms with Gasteiger partial charge >= 0.3 is 0 Å². The predicted molar refractivity (Wildman–Crippen MR) is 67.4 cm³/mol. The van der Waals surface area contributed by atoms with Crippen LogP contribution in [0, 0.1) is 0 Å². The SMILES string of the molecule is COc1ccc(NC(=O)c2ccnc(N)n2)cc1. The van der Waals surface area contributed by atoms with Crippen molar-refractivity contribution in [3.8, 4) is 5.75 Å². The number of methoxy groups -OCH3 is 1. The molecule has 0 spiro atoms. The van der Waals surface area contributed by atoms with Gasteiger partial charge in [0.1, 0.15) is 11.4 Å². The van der Waals surface area contributed by atoms with Crippen molar-refractivity contribution in [1.82, 2.24) is 9.97 Å². The standard InChI is InChI=1S/C12H12N4O2/c1-18-9-4-2-8(3-5-9)15-11(17)10-6-7-14-12(13)16-10/h2-7H,1H3,(H,15,17)(H2,13,14,16). The molecule has 0 aliphatic carbocycles. The van der Waals surface area contributed by atoms with E-state index in [2.05, 4.69) is 15.3 Å². The maximum absolute atomic E-state index is 11.8. The zero-order valence-corrected chi connectivity index (χ0v) is 9.75. The summed E-state index contributed by atoms with van der Waals surface area (Å²) in [5.74, 6) is 0.450. The molecule has 3 N–H and O–H groups in total. The number of aromatic nitrogens is 2. The van der Waals surface area contributed by atoms with Gasteiger partial charge in [-0.05, 0) is 30.3 Å². The molecule has 6 nitrogen and oxygen atoms in total. The first-order valence-corrected chi connectivity index (χ1v) is 5.23. The molecule has 2 rings (SSSR count). The Hall–Kier alpha value is -2.63. The minimum Gasteiger partial charge on any atom is -0.497 e.